The molecule has 0 saturated heterocycles. The fourth-order valence-electron chi connectivity index (χ4n) is 1.32. The van der Waals surface area contributed by atoms with Gasteiger partial charge in [-0.2, -0.15) is 0 Å². The third-order valence-corrected chi connectivity index (χ3v) is 3.27. The van der Waals surface area contributed by atoms with E-state index in [9.17, 15) is 0 Å². The highest BCUT2D eigenvalue weighted by Crippen LogP contribution is 2.06. The molecule has 0 N–H and O–H groups in total. The minimum absolute atomic E-state index is 0.944. The predicted octanol–water partition coefficient (Wildman–Crippen LogP) is 3.08. The summed E-state index contributed by atoms with van der Waals surface area (Å²) in [5, 5.41) is 0. The van der Waals surface area contributed by atoms with Crippen LogP contribution in [-0.4, -0.2) is 23.9 Å². The second kappa shape index (κ2) is 6.20. The Labute approximate surface area is 95.2 Å². The first-order valence-corrected chi connectivity index (χ1v) is 6.20. The van der Waals surface area contributed by atoms with Gasteiger partial charge in [-0.25, -0.2) is 0 Å². The van der Waals surface area contributed by atoms with E-state index >= 15 is 0 Å². The van der Waals surface area contributed by atoms with Crippen molar-refractivity contribution in [1.82, 2.24) is 4.90 Å². The largest absolute Gasteiger partial charge is 0.296 e. The molecule has 14 heavy (non-hydrogen) atoms. The van der Waals surface area contributed by atoms with Crippen LogP contribution in [0, 0.1) is 0 Å². The fourth-order valence-corrected chi connectivity index (χ4v) is 1.57. The smallest absolute Gasteiger partial charge is 0.0539 e. The second-order valence-corrected chi connectivity index (χ2v) is 4.12. The highest BCUT2D eigenvalue weighted by molar-refractivity contribution is 9.09. The van der Waals surface area contributed by atoms with E-state index in [4.69, 9.17) is 0 Å². The number of nitrogens with zero attached hydrogens (tertiary/aromatic N) is 1. The average Bonchev–Trinajstić information content (AvgIpc) is 2.26. The summed E-state index contributed by atoms with van der Waals surface area (Å²) in [5.74, 6) is 0. The first-order chi connectivity index (χ1) is 6.76. The number of hydrogen-bond acceptors (Lipinski definition) is 1. The van der Waals surface area contributed by atoms with Gasteiger partial charge >= 0.3 is 0 Å². The van der Waals surface area contributed by atoms with Crippen molar-refractivity contribution < 1.29 is 0 Å². The van der Waals surface area contributed by atoms with E-state index in [1.54, 1.807) is 0 Å². The average molecular weight is 256 g/mol. The SMILES string of the molecule is CCc1ccc(CCN(C)CBr)cc1. The van der Waals surface area contributed by atoms with Gasteiger partial charge in [-0.3, -0.25) is 4.90 Å². The molecule has 0 atom stereocenters. The first kappa shape index (κ1) is 11.7. The molecule has 0 aliphatic heterocycles. The fraction of sp³-hybridized carbons (Fsp3) is 0.500. The highest BCUT2D eigenvalue weighted by Gasteiger charge is 1.97. The molecule has 0 heterocycles. The number of hydrogen-bond donors (Lipinski definition) is 0. The molecule has 1 rings (SSSR count). The Kier molecular flexibility index (Phi) is 5.20. The summed E-state index contributed by atoms with van der Waals surface area (Å²) >= 11 is 3.44. The molecule has 0 amide bonds. The zero-order valence-electron chi connectivity index (χ0n) is 8.96. The molecule has 0 fully saturated rings. The maximum Gasteiger partial charge on any atom is 0.0539 e. The summed E-state index contributed by atoms with van der Waals surface area (Å²) in [5.41, 5.74) is 3.79. The zero-order chi connectivity index (χ0) is 10.4. The molecular formula is C12H18BrN. The quantitative estimate of drug-likeness (QED) is 0.578. The molecule has 1 nitrogen and oxygen atoms in total. The Balaban J connectivity index is 2.43. The van der Waals surface area contributed by atoms with Crippen molar-refractivity contribution in [3.05, 3.63) is 35.4 Å². The van der Waals surface area contributed by atoms with Crippen LogP contribution in [0.2, 0.25) is 0 Å². The van der Waals surface area contributed by atoms with E-state index in [1.165, 1.54) is 11.1 Å². The van der Waals surface area contributed by atoms with Crippen LogP contribution >= 0.6 is 15.9 Å². The number of halogens is 1. The Hall–Kier alpha value is -0.340. The lowest BCUT2D eigenvalue weighted by Crippen LogP contribution is -2.18. The van der Waals surface area contributed by atoms with Crippen LogP contribution in [0.3, 0.4) is 0 Å². The van der Waals surface area contributed by atoms with Crippen LogP contribution in [0.25, 0.3) is 0 Å². The lowest BCUT2D eigenvalue weighted by molar-refractivity contribution is 0.401. The molecule has 0 aromatic heterocycles. The minimum Gasteiger partial charge on any atom is -0.296 e. The van der Waals surface area contributed by atoms with E-state index in [-0.39, 0.29) is 0 Å². The topological polar surface area (TPSA) is 3.24 Å². The summed E-state index contributed by atoms with van der Waals surface area (Å²) < 4.78 is 0. The van der Waals surface area contributed by atoms with Gasteiger partial charge in [0.2, 0.25) is 0 Å². The molecule has 78 valence electrons. The molecule has 0 radical (unpaired) electrons. The Morgan fingerprint density at radius 1 is 1.14 bits per heavy atom. The number of aryl methyl sites for hydroxylation is 1. The van der Waals surface area contributed by atoms with Gasteiger partial charge in [0.25, 0.3) is 0 Å². The van der Waals surface area contributed by atoms with Crippen LogP contribution in [0.1, 0.15) is 18.1 Å². The number of rotatable bonds is 5. The summed E-state index contributed by atoms with van der Waals surface area (Å²) in [7, 11) is 2.12. The molecule has 1 aromatic rings. The molecule has 0 saturated carbocycles. The maximum absolute atomic E-state index is 3.44. The Morgan fingerprint density at radius 3 is 2.21 bits per heavy atom. The van der Waals surface area contributed by atoms with Crippen LogP contribution < -0.4 is 0 Å². The first-order valence-electron chi connectivity index (χ1n) is 5.08. The van der Waals surface area contributed by atoms with Crippen molar-refractivity contribution in [1.29, 1.82) is 0 Å². The van der Waals surface area contributed by atoms with E-state index in [1.807, 2.05) is 0 Å². The monoisotopic (exact) mass is 255 g/mol. The van der Waals surface area contributed by atoms with Gasteiger partial charge < -0.3 is 0 Å². The van der Waals surface area contributed by atoms with Gasteiger partial charge in [0, 0.05) is 6.54 Å². The molecule has 0 aliphatic rings. The highest BCUT2D eigenvalue weighted by atomic mass is 79.9. The van der Waals surface area contributed by atoms with Crippen molar-refractivity contribution in [3.8, 4) is 0 Å². The molecular weight excluding hydrogens is 238 g/mol. The standard InChI is InChI=1S/C12H18BrN/c1-3-11-4-6-12(7-5-11)8-9-14(2)10-13/h4-7H,3,8-10H2,1-2H3. The van der Waals surface area contributed by atoms with Gasteiger partial charge in [-0.05, 0) is 31.0 Å². The molecule has 0 aliphatic carbocycles. The van der Waals surface area contributed by atoms with E-state index in [0.717, 1.165) is 24.8 Å². The van der Waals surface area contributed by atoms with Crippen molar-refractivity contribution in [3.63, 3.8) is 0 Å². The Morgan fingerprint density at radius 2 is 1.71 bits per heavy atom. The van der Waals surface area contributed by atoms with Gasteiger partial charge in [-0.1, -0.05) is 47.1 Å². The lowest BCUT2D eigenvalue weighted by Gasteiger charge is -2.12. The third kappa shape index (κ3) is 3.81. The molecule has 0 unspecified atom stereocenters. The maximum atomic E-state index is 3.44. The number of benzene rings is 1. The molecule has 0 spiro atoms. The minimum atomic E-state index is 0.944. The van der Waals surface area contributed by atoms with Gasteiger partial charge in [0.15, 0.2) is 0 Å². The van der Waals surface area contributed by atoms with E-state index in [0.29, 0.717) is 0 Å². The van der Waals surface area contributed by atoms with Crippen LogP contribution in [0.15, 0.2) is 24.3 Å². The van der Waals surface area contributed by atoms with Gasteiger partial charge in [-0.15, -0.1) is 0 Å². The van der Waals surface area contributed by atoms with Crippen molar-refractivity contribution in [2.75, 3.05) is 19.0 Å². The summed E-state index contributed by atoms with van der Waals surface area (Å²) in [6.45, 7) is 3.30. The van der Waals surface area contributed by atoms with Crippen molar-refractivity contribution in [2.45, 2.75) is 19.8 Å². The normalized spacial score (nSPS) is 10.9. The zero-order valence-corrected chi connectivity index (χ0v) is 10.5. The van der Waals surface area contributed by atoms with Gasteiger partial charge in [0.05, 0.1) is 5.45 Å². The lowest BCUT2D eigenvalue weighted by atomic mass is 10.1. The van der Waals surface area contributed by atoms with Crippen molar-refractivity contribution in [2.24, 2.45) is 0 Å². The van der Waals surface area contributed by atoms with E-state index in [2.05, 4.69) is 59.1 Å². The van der Waals surface area contributed by atoms with Crippen molar-refractivity contribution >= 4 is 15.9 Å². The van der Waals surface area contributed by atoms with Crippen LogP contribution in [-0.2, 0) is 12.8 Å². The number of alkyl halides is 1. The Bertz CT molecular complexity index is 256. The summed E-state index contributed by atoms with van der Waals surface area (Å²) in [6.07, 6.45) is 2.26. The third-order valence-electron chi connectivity index (χ3n) is 2.42. The number of likely N-dealkylation sites (N-methyl/N-ethyl adjacent to an activating group) is 1. The molecule has 1 aromatic carbocycles. The van der Waals surface area contributed by atoms with Crippen LogP contribution in [0.4, 0.5) is 0 Å². The summed E-state index contributed by atoms with van der Waals surface area (Å²) in [6, 6.07) is 8.93. The summed E-state index contributed by atoms with van der Waals surface area (Å²) in [4.78, 5) is 2.26. The predicted molar refractivity (Wildman–Crippen MR) is 65.9 cm³/mol. The molecule has 2 heteroatoms. The van der Waals surface area contributed by atoms with E-state index < -0.39 is 0 Å². The van der Waals surface area contributed by atoms with Crippen LogP contribution in [0.5, 0.6) is 0 Å². The van der Waals surface area contributed by atoms with Gasteiger partial charge in [0.1, 0.15) is 0 Å². The molecule has 0 bridgehead atoms. The second-order valence-electron chi connectivity index (χ2n) is 3.62.